The first-order chi connectivity index (χ1) is 14.4. The second-order valence-electron chi connectivity index (χ2n) is 7.11. The van der Waals surface area contributed by atoms with Crippen LogP contribution in [0.3, 0.4) is 0 Å². The summed E-state index contributed by atoms with van der Waals surface area (Å²) in [6.07, 6.45) is 1.82. The number of nitriles is 1. The van der Waals surface area contributed by atoms with Crippen molar-refractivity contribution in [2.45, 2.75) is 20.8 Å². The Bertz CT molecular complexity index is 1420. The first kappa shape index (κ1) is 19.7. The van der Waals surface area contributed by atoms with Crippen molar-refractivity contribution >= 4 is 34.2 Å². The summed E-state index contributed by atoms with van der Waals surface area (Å²) < 4.78 is 3.42. The third kappa shape index (κ3) is 3.32. The molecule has 0 aliphatic rings. The van der Waals surface area contributed by atoms with Crippen LogP contribution in [0.5, 0.6) is 0 Å². The molecule has 0 aliphatic carbocycles. The second kappa shape index (κ2) is 7.66. The quantitative estimate of drug-likeness (QED) is 0.435. The van der Waals surface area contributed by atoms with Crippen LogP contribution >= 0.6 is 11.6 Å². The fraction of sp³-hybridized carbons (Fsp3) is 0.125. The average Bonchev–Trinajstić information content (AvgIpc) is 2.99. The second-order valence-corrected chi connectivity index (χ2v) is 7.55. The van der Waals surface area contributed by atoms with E-state index in [4.69, 9.17) is 11.6 Å². The van der Waals surface area contributed by atoms with E-state index in [0.717, 1.165) is 22.5 Å². The molecule has 6 heteroatoms. The molecule has 5 nitrogen and oxygen atoms in total. The molecule has 0 amide bonds. The van der Waals surface area contributed by atoms with Crippen LogP contribution in [0.1, 0.15) is 28.3 Å². The molecule has 4 aromatic rings. The number of aromatic nitrogens is 3. The highest BCUT2D eigenvalue weighted by Gasteiger charge is 2.15. The number of aryl methyl sites for hydroxylation is 2. The maximum atomic E-state index is 13.2. The Morgan fingerprint density at radius 2 is 1.83 bits per heavy atom. The maximum absolute atomic E-state index is 13.2. The van der Waals surface area contributed by atoms with Crippen molar-refractivity contribution in [1.82, 2.24) is 14.3 Å². The van der Waals surface area contributed by atoms with Gasteiger partial charge in [0.05, 0.1) is 22.5 Å². The Balaban J connectivity index is 1.91. The number of rotatable bonds is 3. The van der Waals surface area contributed by atoms with Crippen molar-refractivity contribution in [3.05, 3.63) is 98.3 Å². The van der Waals surface area contributed by atoms with Crippen LogP contribution in [0.2, 0.25) is 5.02 Å². The molecular formula is C24H19ClN4O. The topological polar surface area (TPSA) is 63.6 Å². The molecule has 0 fully saturated rings. The van der Waals surface area contributed by atoms with E-state index in [1.54, 1.807) is 22.9 Å². The van der Waals surface area contributed by atoms with Gasteiger partial charge < -0.3 is 0 Å². The maximum Gasteiger partial charge on any atom is 0.280 e. The summed E-state index contributed by atoms with van der Waals surface area (Å²) in [6.45, 7) is 5.67. The third-order valence-electron chi connectivity index (χ3n) is 5.11. The largest absolute Gasteiger partial charge is 0.280 e. The van der Waals surface area contributed by atoms with E-state index in [1.807, 2.05) is 67.9 Å². The number of halogens is 1. The van der Waals surface area contributed by atoms with E-state index in [0.29, 0.717) is 27.3 Å². The highest BCUT2D eigenvalue weighted by molar-refractivity contribution is 6.30. The lowest BCUT2D eigenvalue weighted by Crippen LogP contribution is -2.30. The van der Waals surface area contributed by atoms with E-state index in [2.05, 4.69) is 11.1 Å². The molecule has 0 atom stereocenters. The molecule has 2 aromatic heterocycles. The molecule has 30 heavy (non-hydrogen) atoms. The van der Waals surface area contributed by atoms with Crippen molar-refractivity contribution in [2.24, 2.45) is 0 Å². The Hall–Kier alpha value is -3.62. The Kier molecular flexibility index (Phi) is 5.03. The molecule has 0 spiro atoms. The fourth-order valence-corrected chi connectivity index (χ4v) is 3.88. The summed E-state index contributed by atoms with van der Waals surface area (Å²) in [4.78, 5) is 17.8. The van der Waals surface area contributed by atoms with Gasteiger partial charge in [0.1, 0.15) is 5.82 Å². The zero-order valence-corrected chi connectivity index (χ0v) is 17.6. The highest BCUT2D eigenvalue weighted by atomic mass is 35.5. The summed E-state index contributed by atoms with van der Waals surface area (Å²) >= 11 is 6.09. The fourth-order valence-electron chi connectivity index (χ4n) is 3.69. The van der Waals surface area contributed by atoms with Gasteiger partial charge in [-0.05, 0) is 68.3 Å². The summed E-state index contributed by atoms with van der Waals surface area (Å²) in [5, 5.41) is 10.8. The molecule has 0 radical (unpaired) electrons. The van der Waals surface area contributed by atoms with E-state index >= 15 is 0 Å². The van der Waals surface area contributed by atoms with E-state index < -0.39 is 0 Å². The van der Waals surface area contributed by atoms with Crippen LogP contribution in [0.4, 0.5) is 0 Å². The first-order valence-corrected chi connectivity index (χ1v) is 9.84. The minimum Gasteiger partial charge on any atom is -0.267 e. The average molecular weight is 415 g/mol. The molecule has 0 unspecified atom stereocenters. The molecule has 2 heterocycles. The number of hydrogen-bond acceptors (Lipinski definition) is 3. The zero-order chi connectivity index (χ0) is 21.4. The lowest BCUT2D eigenvalue weighted by molar-refractivity contribution is 0.573. The van der Waals surface area contributed by atoms with E-state index in [-0.39, 0.29) is 5.56 Å². The van der Waals surface area contributed by atoms with Crippen LogP contribution in [0.25, 0.3) is 22.6 Å². The first-order valence-electron chi connectivity index (χ1n) is 9.46. The normalized spacial score (nSPS) is 11.6. The van der Waals surface area contributed by atoms with Crippen LogP contribution in [-0.2, 0) is 0 Å². The monoisotopic (exact) mass is 414 g/mol. The summed E-state index contributed by atoms with van der Waals surface area (Å²) in [6, 6.07) is 18.7. The van der Waals surface area contributed by atoms with Crippen LogP contribution in [0.15, 0.2) is 59.4 Å². The predicted molar refractivity (Wildman–Crippen MR) is 120 cm³/mol. The van der Waals surface area contributed by atoms with Crippen LogP contribution < -0.4 is 5.56 Å². The van der Waals surface area contributed by atoms with Crippen molar-refractivity contribution in [3.63, 3.8) is 0 Å². The number of hydrogen-bond donors (Lipinski definition) is 0. The van der Waals surface area contributed by atoms with Gasteiger partial charge in [0, 0.05) is 16.4 Å². The van der Waals surface area contributed by atoms with Crippen LogP contribution in [0, 0.1) is 32.1 Å². The molecule has 148 valence electrons. The van der Waals surface area contributed by atoms with Crippen molar-refractivity contribution in [1.29, 1.82) is 5.26 Å². The molecule has 0 N–H and O–H groups in total. The van der Waals surface area contributed by atoms with Crippen molar-refractivity contribution < 1.29 is 0 Å². The molecule has 2 aromatic carbocycles. The minimum absolute atomic E-state index is 0.134. The Labute approximate surface area is 179 Å². The molecule has 0 saturated carbocycles. The third-order valence-corrected chi connectivity index (χ3v) is 5.34. The molecule has 4 rings (SSSR count). The summed E-state index contributed by atoms with van der Waals surface area (Å²) in [5.74, 6) is 0.589. The van der Waals surface area contributed by atoms with Gasteiger partial charge in [-0.3, -0.25) is 9.47 Å². The van der Waals surface area contributed by atoms with Gasteiger partial charge in [-0.1, -0.05) is 35.9 Å². The van der Waals surface area contributed by atoms with Gasteiger partial charge in [0.25, 0.3) is 5.56 Å². The lowest BCUT2D eigenvalue weighted by atomic mass is 10.0. The smallest absolute Gasteiger partial charge is 0.267 e. The number of benzene rings is 2. The summed E-state index contributed by atoms with van der Waals surface area (Å²) in [5.41, 5.74) is 4.34. The van der Waals surface area contributed by atoms with E-state index in [9.17, 15) is 10.1 Å². The van der Waals surface area contributed by atoms with Gasteiger partial charge in [-0.25, -0.2) is 4.98 Å². The zero-order valence-electron chi connectivity index (χ0n) is 16.8. The number of fused-ring (bicyclic) bond motifs is 1. The molecule has 0 saturated heterocycles. The Morgan fingerprint density at radius 1 is 1.07 bits per heavy atom. The molecule has 0 bridgehead atoms. The standard InChI is InChI=1S/C24H19ClN4O/c1-15-11-19(12-20(14-26)18-7-6-8-21(25)13-18)16(2)28(15)29-17(3)27-23-10-5-4-9-22(23)24(29)30/h4-13H,1-3H3. The van der Waals surface area contributed by atoms with Crippen molar-refractivity contribution in [2.75, 3.05) is 0 Å². The van der Waals surface area contributed by atoms with Gasteiger partial charge in [0.2, 0.25) is 0 Å². The summed E-state index contributed by atoms with van der Waals surface area (Å²) in [7, 11) is 0. The van der Waals surface area contributed by atoms with E-state index in [1.165, 1.54) is 0 Å². The number of para-hydroxylation sites is 1. The number of nitrogens with zero attached hydrogens (tertiary/aromatic N) is 4. The van der Waals surface area contributed by atoms with Gasteiger partial charge in [0.15, 0.2) is 0 Å². The highest BCUT2D eigenvalue weighted by Crippen LogP contribution is 2.24. The van der Waals surface area contributed by atoms with Crippen molar-refractivity contribution in [3.8, 4) is 6.07 Å². The molecule has 0 aliphatic heterocycles. The Morgan fingerprint density at radius 3 is 2.57 bits per heavy atom. The number of allylic oxidation sites excluding steroid dienone is 1. The lowest BCUT2D eigenvalue weighted by Gasteiger charge is -2.16. The van der Waals surface area contributed by atoms with Gasteiger partial charge in [-0.15, -0.1) is 0 Å². The predicted octanol–water partition coefficient (Wildman–Crippen LogP) is 5.15. The molecular weight excluding hydrogens is 396 g/mol. The SMILES string of the molecule is Cc1cc(C=C(C#N)c2cccc(Cl)c2)c(C)n1-n1c(C)nc2ccccc2c1=O. The van der Waals surface area contributed by atoms with Gasteiger partial charge >= 0.3 is 0 Å². The van der Waals surface area contributed by atoms with Crippen LogP contribution in [-0.4, -0.2) is 14.3 Å². The van der Waals surface area contributed by atoms with Gasteiger partial charge in [-0.2, -0.15) is 9.94 Å². The minimum atomic E-state index is -0.134.